The molecular formula is C17H16N2O2. The average Bonchev–Trinajstić information content (AvgIpc) is 2.46. The summed E-state index contributed by atoms with van der Waals surface area (Å²) in [5.74, 6) is 0.635. The van der Waals surface area contributed by atoms with Crippen molar-refractivity contribution in [2.45, 2.75) is 13.8 Å². The predicted molar refractivity (Wildman–Crippen MR) is 83.2 cm³/mol. The summed E-state index contributed by atoms with van der Waals surface area (Å²) in [7, 11) is 0. The van der Waals surface area contributed by atoms with Crippen molar-refractivity contribution in [1.29, 1.82) is 0 Å². The van der Waals surface area contributed by atoms with E-state index in [2.05, 4.69) is 10.3 Å². The lowest BCUT2D eigenvalue weighted by Gasteiger charge is -2.20. The Hall–Kier alpha value is -2.62. The Morgan fingerprint density at radius 3 is 2.90 bits per heavy atom. The molecule has 2 aromatic rings. The van der Waals surface area contributed by atoms with Crippen LogP contribution in [0.15, 0.2) is 30.6 Å². The molecule has 0 radical (unpaired) electrons. The second-order valence-corrected chi connectivity index (χ2v) is 5.12. The van der Waals surface area contributed by atoms with E-state index in [0.29, 0.717) is 0 Å². The van der Waals surface area contributed by atoms with Gasteiger partial charge in [-0.2, -0.15) is 0 Å². The topological polar surface area (TPSA) is 51.2 Å². The van der Waals surface area contributed by atoms with Gasteiger partial charge in [-0.25, -0.2) is 0 Å². The van der Waals surface area contributed by atoms with Crippen molar-refractivity contribution in [2.75, 3.05) is 11.9 Å². The van der Waals surface area contributed by atoms with Gasteiger partial charge in [-0.3, -0.25) is 9.78 Å². The Morgan fingerprint density at radius 2 is 2.10 bits per heavy atom. The quantitative estimate of drug-likeness (QED) is 0.919. The third-order valence-electron chi connectivity index (χ3n) is 3.45. The molecule has 4 nitrogen and oxygen atoms in total. The Morgan fingerprint density at radius 1 is 1.24 bits per heavy atom. The van der Waals surface area contributed by atoms with Gasteiger partial charge in [0.1, 0.15) is 5.75 Å². The third kappa shape index (κ3) is 2.79. The number of aromatic nitrogens is 1. The number of fused-ring (bicyclic) bond motifs is 1. The first kappa shape index (κ1) is 13.4. The van der Waals surface area contributed by atoms with Gasteiger partial charge in [-0.1, -0.05) is 12.2 Å². The maximum Gasteiger partial charge on any atom is 0.262 e. The molecule has 4 heteroatoms. The fraction of sp³-hybridized carbons (Fsp3) is 0.176. The van der Waals surface area contributed by atoms with Crippen LogP contribution in [0.4, 0.5) is 5.69 Å². The van der Waals surface area contributed by atoms with Crippen LogP contribution in [0.2, 0.25) is 0 Å². The summed E-state index contributed by atoms with van der Waals surface area (Å²) in [6.45, 7) is 4.11. The molecule has 1 aromatic carbocycles. The van der Waals surface area contributed by atoms with E-state index in [1.807, 2.05) is 50.4 Å². The summed E-state index contributed by atoms with van der Waals surface area (Å²) >= 11 is 0. The lowest BCUT2D eigenvalue weighted by atomic mass is 10.1. The molecular weight excluding hydrogens is 264 g/mol. The van der Waals surface area contributed by atoms with Crippen molar-refractivity contribution in [1.82, 2.24) is 4.98 Å². The second kappa shape index (κ2) is 5.40. The summed E-state index contributed by atoms with van der Waals surface area (Å²) in [6, 6.07) is 5.94. The molecule has 1 N–H and O–H groups in total. The highest BCUT2D eigenvalue weighted by Crippen LogP contribution is 2.33. The van der Waals surface area contributed by atoms with E-state index in [1.54, 1.807) is 6.20 Å². The zero-order valence-electron chi connectivity index (χ0n) is 12.0. The maximum atomic E-state index is 11.4. The fourth-order valence-electron chi connectivity index (χ4n) is 2.34. The molecule has 0 spiro atoms. The highest BCUT2D eigenvalue weighted by atomic mass is 16.5. The van der Waals surface area contributed by atoms with Gasteiger partial charge >= 0.3 is 0 Å². The lowest BCUT2D eigenvalue weighted by Crippen LogP contribution is -2.25. The molecule has 0 aliphatic carbocycles. The van der Waals surface area contributed by atoms with Gasteiger partial charge in [-0.15, -0.1) is 0 Å². The number of amides is 1. The Labute approximate surface area is 123 Å². The molecule has 2 heterocycles. The summed E-state index contributed by atoms with van der Waals surface area (Å²) < 4.78 is 5.46. The summed E-state index contributed by atoms with van der Waals surface area (Å²) in [5, 5.41) is 2.84. The van der Waals surface area contributed by atoms with Crippen molar-refractivity contribution in [3.8, 4) is 5.75 Å². The predicted octanol–water partition coefficient (Wildman–Crippen LogP) is 3.20. The number of benzene rings is 1. The molecule has 0 fully saturated rings. The van der Waals surface area contributed by atoms with Gasteiger partial charge in [0, 0.05) is 12.4 Å². The van der Waals surface area contributed by atoms with Crippen LogP contribution in [-0.4, -0.2) is 17.5 Å². The molecule has 1 amide bonds. The first-order chi connectivity index (χ1) is 10.1. The van der Waals surface area contributed by atoms with Gasteiger partial charge in [-0.05, 0) is 54.3 Å². The van der Waals surface area contributed by atoms with Crippen LogP contribution in [0, 0.1) is 13.8 Å². The number of rotatable bonds is 2. The number of carbonyl (C=O) groups is 1. The molecule has 1 aliphatic rings. The first-order valence-corrected chi connectivity index (χ1v) is 6.79. The first-order valence-electron chi connectivity index (χ1n) is 6.79. The van der Waals surface area contributed by atoms with E-state index in [9.17, 15) is 4.79 Å². The van der Waals surface area contributed by atoms with Gasteiger partial charge < -0.3 is 10.1 Å². The highest BCUT2D eigenvalue weighted by molar-refractivity contribution is 5.96. The lowest BCUT2D eigenvalue weighted by molar-refractivity contribution is -0.118. The van der Waals surface area contributed by atoms with Crippen LogP contribution < -0.4 is 10.1 Å². The van der Waals surface area contributed by atoms with Crippen LogP contribution in [0.25, 0.3) is 12.2 Å². The second-order valence-electron chi connectivity index (χ2n) is 5.12. The van der Waals surface area contributed by atoms with Crippen molar-refractivity contribution < 1.29 is 9.53 Å². The van der Waals surface area contributed by atoms with Crippen LogP contribution >= 0.6 is 0 Å². The third-order valence-corrected chi connectivity index (χ3v) is 3.45. The van der Waals surface area contributed by atoms with Gasteiger partial charge in [0.05, 0.1) is 5.69 Å². The van der Waals surface area contributed by atoms with Crippen LogP contribution in [0.3, 0.4) is 0 Å². The normalized spacial score (nSPS) is 13.7. The summed E-state index contributed by atoms with van der Waals surface area (Å²) in [6.07, 6.45) is 7.65. The highest BCUT2D eigenvalue weighted by Gasteiger charge is 2.18. The molecule has 21 heavy (non-hydrogen) atoms. The Balaban J connectivity index is 1.93. The zero-order chi connectivity index (χ0) is 14.8. The Bertz CT molecular complexity index is 736. The zero-order valence-corrected chi connectivity index (χ0v) is 12.0. The van der Waals surface area contributed by atoms with Crippen LogP contribution in [0.1, 0.15) is 22.3 Å². The maximum absolute atomic E-state index is 11.4. The Kier molecular flexibility index (Phi) is 3.44. The van der Waals surface area contributed by atoms with Crippen molar-refractivity contribution in [3.05, 3.63) is 52.8 Å². The van der Waals surface area contributed by atoms with E-state index in [4.69, 9.17) is 4.74 Å². The van der Waals surface area contributed by atoms with Crippen molar-refractivity contribution in [2.24, 2.45) is 0 Å². The molecule has 106 valence electrons. The van der Waals surface area contributed by atoms with Gasteiger partial charge in [0.15, 0.2) is 6.61 Å². The minimum absolute atomic E-state index is 0.0813. The van der Waals surface area contributed by atoms with Crippen molar-refractivity contribution in [3.63, 3.8) is 0 Å². The number of nitrogens with zero attached hydrogens (tertiary/aromatic N) is 1. The number of carbonyl (C=O) groups excluding carboxylic acids is 1. The number of hydrogen-bond donors (Lipinski definition) is 1. The van der Waals surface area contributed by atoms with E-state index in [1.165, 1.54) is 5.56 Å². The van der Waals surface area contributed by atoms with Gasteiger partial charge in [0.2, 0.25) is 0 Å². The smallest absolute Gasteiger partial charge is 0.262 e. The van der Waals surface area contributed by atoms with E-state index in [0.717, 1.165) is 28.1 Å². The van der Waals surface area contributed by atoms with E-state index < -0.39 is 0 Å². The number of anilines is 1. The summed E-state index contributed by atoms with van der Waals surface area (Å²) in [5.41, 5.74) is 5.00. The molecule has 0 saturated heterocycles. The number of hydrogen-bond acceptors (Lipinski definition) is 3. The number of ether oxygens (including phenoxy) is 1. The van der Waals surface area contributed by atoms with Crippen LogP contribution in [0.5, 0.6) is 5.75 Å². The van der Waals surface area contributed by atoms with E-state index >= 15 is 0 Å². The monoisotopic (exact) mass is 280 g/mol. The average molecular weight is 280 g/mol. The largest absolute Gasteiger partial charge is 0.481 e. The summed E-state index contributed by atoms with van der Waals surface area (Å²) in [4.78, 5) is 15.5. The molecule has 1 aromatic heterocycles. The number of nitrogens with one attached hydrogen (secondary N) is 1. The van der Waals surface area contributed by atoms with Crippen LogP contribution in [-0.2, 0) is 4.79 Å². The fourth-order valence-corrected chi connectivity index (χ4v) is 2.34. The molecule has 0 unspecified atom stereocenters. The minimum Gasteiger partial charge on any atom is -0.481 e. The number of pyridine rings is 1. The standard InChI is InChI=1S/C17H16N2O2/c1-11-5-6-18-9-14(11)4-3-13-7-12(2)17-15(8-13)19-16(20)10-21-17/h3-9H,10H2,1-2H3,(H,19,20). The number of aryl methyl sites for hydroxylation is 2. The molecule has 3 rings (SSSR count). The van der Waals surface area contributed by atoms with Crippen molar-refractivity contribution >= 4 is 23.7 Å². The molecule has 1 aliphatic heterocycles. The van der Waals surface area contributed by atoms with E-state index in [-0.39, 0.29) is 12.5 Å². The molecule has 0 bridgehead atoms. The molecule has 0 saturated carbocycles. The molecule has 0 atom stereocenters. The SMILES string of the molecule is Cc1ccncc1C=Cc1cc(C)c2c(c1)NC(=O)CO2. The van der Waals surface area contributed by atoms with Gasteiger partial charge in [0.25, 0.3) is 5.91 Å². The minimum atomic E-state index is -0.119.